The first kappa shape index (κ1) is 30.2. The standard InChI is InChI=1S/C30H32Cl3N9O2/c31-18-13-22(32)25(23(33)14-18)39-29-38-24-15-35-28(40-27(24)42(29)21-10-8-17(9-11-21)26(34)43)36-20-7-4-12-41(16-20)30(44)37-19-5-2-1-3-6-19/h1-3,5-6,13-15,17,20-21H,4,7-12,16H2,(H2,34,43)(H,37,44)(H,38,39)(H,35,36,40)/t17?,20-,21?/m1/s1. The van der Waals surface area contributed by atoms with Gasteiger partial charge in [-0.3, -0.25) is 9.36 Å². The van der Waals surface area contributed by atoms with E-state index in [2.05, 4.69) is 20.9 Å². The summed E-state index contributed by atoms with van der Waals surface area (Å²) in [6, 6.07) is 12.5. The van der Waals surface area contributed by atoms with E-state index in [1.54, 1.807) is 23.2 Å². The maximum absolute atomic E-state index is 12.9. The van der Waals surface area contributed by atoms with Crippen LogP contribution in [0.5, 0.6) is 0 Å². The van der Waals surface area contributed by atoms with E-state index in [1.807, 2.05) is 34.9 Å². The summed E-state index contributed by atoms with van der Waals surface area (Å²) in [5.41, 5.74) is 8.05. The number of halogens is 3. The van der Waals surface area contributed by atoms with Gasteiger partial charge in [-0.2, -0.15) is 4.98 Å². The highest BCUT2D eigenvalue weighted by Gasteiger charge is 2.30. The highest BCUT2D eigenvalue weighted by atomic mass is 35.5. The summed E-state index contributed by atoms with van der Waals surface area (Å²) in [7, 11) is 0. The molecule has 2 aromatic heterocycles. The molecule has 0 unspecified atom stereocenters. The SMILES string of the molecule is NC(=O)C1CCC(n2c(Nc3c(Cl)cc(Cl)cc3Cl)nc3cnc(N[C@@H]4CCCN(C(=O)Nc5ccccc5)C4)nc32)CC1. The summed E-state index contributed by atoms with van der Waals surface area (Å²) < 4.78 is 2.03. The van der Waals surface area contributed by atoms with Crippen LogP contribution in [-0.2, 0) is 4.79 Å². The van der Waals surface area contributed by atoms with Gasteiger partial charge in [-0.25, -0.2) is 14.8 Å². The van der Waals surface area contributed by atoms with Gasteiger partial charge in [0, 0.05) is 41.8 Å². The molecule has 1 atom stereocenters. The van der Waals surface area contributed by atoms with Gasteiger partial charge >= 0.3 is 6.03 Å². The van der Waals surface area contributed by atoms with Crippen LogP contribution >= 0.6 is 34.8 Å². The van der Waals surface area contributed by atoms with Crippen molar-refractivity contribution in [2.75, 3.05) is 29.0 Å². The molecule has 3 heterocycles. The van der Waals surface area contributed by atoms with E-state index in [0.29, 0.717) is 69.7 Å². The summed E-state index contributed by atoms with van der Waals surface area (Å²) in [6.07, 6.45) is 6.16. The van der Waals surface area contributed by atoms with Gasteiger partial charge < -0.3 is 26.6 Å². The number of para-hydroxylation sites is 1. The van der Waals surface area contributed by atoms with Crippen LogP contribution in [0.15, 0.2) is 48.7 Å². The van der Waals surface area contributed by atoms with Crippen molar-refractivity contribution < 1.29 is 9.59 Å². The van der Waals surface area contributed by atoms with E-state index in [9.17, 15) is 9.59 Å². The van der Waals surface area contributed by atoms with Crippen molar-refractivity contribution in [3.63, 3.8) is 0 Å². The number of rotatable bonds is 7. The van der Waals surface area contributed by atoms with Gasteiger partial charge in [0.15, 0.2) is 5.65 Å². The second-order valence-electron chi connectivity index (χ2n) is 11.2. The number of amides is 3. The Balaban J connectivity index is 1.26. The van der Waals surface area contributed by atoms with Crippen molar-refractivity contribution in [3.05, 3.63) is 63.7 Å². The quantitative estimate of drug-likeness (QED) is 0.170. The second-order valence-corrected chi connectivity index (χ2v) is 12.5. The lowest BCUT2D eigenvalue weighted by atomic mass is 9.85. The number of aromatic nitrogens is 4. The van der Waals surface area contributed by atoms with Gasteiger partial charge in [0.25, 0.3) is 0 Å². The number of likely N-dealkylation sites (tertiary alicyclic amines) is 1. The molecule has 14 heteroatoms. The molecule has 0 spiro atoms. The molecule has 2 fully saturated rings. The smallest absolute Gasteiger partial charge is 0.321 e. The monoisotopic (exact) mass is 655 g/mol. The predicted octanol–water partition coefficient (Wildman–Crippen LogP) is 6.86. The van der Waals surface area contributed by atoms with E-state index >= 15 is 0 Å². The summed E-state index contributed by atoms with van der Waals surface area (Å²) in [6.45, 7) is 1.18. The van der Waals surface area contributed by atoms with E-state index in [1.165, 1.54) is 0 Å². The first-order valence-corrected chi connectivity index (χ1v) is 15.7. The normalized spacial score (nSPS) is 20.3. The summed E-state index contributed by atoms with van der Waals surface area (Å²) in [5.74, 6) is 0.512. The molecule has 1 aliphatic carbocycles. The number of anilines is 4. The number of imidazole rings is 1. The molecule has 0 bridgehead atoms. The van der Waals surface area contributed by atoms with Gasteiger partial charge in [-0.1, -0.05) is 53.0 Å². The largest absolute Gasteiger partial charge is 0.369 e. The third-order valence-electron chi connectivity index (χ3n) is 8.21. The van der Waals surface area contributed by atoms with Gasteiger partial charge in [0.05, 0.1) is 21.9 Å². The van der Waals surface area contributed by atoms with Gasteiger partial charge in [-0.05, 0) is 62.8 Å². The molecule has 2 aromatic carbocycles. The molecular weight excluding hydrogens is 625 g/mol. The fraction of sp³-hybridized carbons (Fsp3) is 0.367. The number of nitrogens with zero attached hydrogens (tertiary/aromatic N) is 5. The zero-order chi connectivity index (χ0) is 30.8. The third-order valence-corrected chi connectivity index (χ3v) is 9.02. The van der Waals surface area contributed by atoms with E-state index in [0.717, 1.165) is 31.4 Å². The van der Waals surface area contributed by atoms with Crippen LogP contribution < -0.4 is 21.7 Å². The Bertz CT molecular complexity index is 1650. The molecule has 1 aliphatic heterocycles. The van der Waals surface area contributed by atoms with Crippen molar-refractivity contribution in [1.29, 1.82) is 0 Å². The Labute approximate surface area is 269 Å². The predicted molar refractivity (Wildman–Crippen MR) is 174 cm³/mol. The number of hydrogen-bond donors (Lipinski definition) is 4. The Morgan fingerprint density at radius 2 is 1.68 bits per heavy atom. The maximum atomic E-state index is 12.9. The Morgan fingerprint density at radius 1 is 0.955 bits per heavy atom. The minimum Gasteiger partial charge on any atom is -0.369 e. The molecule has 2 aliphatic rings. The van der Waals surface area contributed by atoms with Crippen LogP contribution in [0.4, 0.5) is 28.1 Å². The molecule has 0 radical (unpaired) electrons. The number of benzene rings is 2. The molecule has 1 saturated carbocycles. The number of carbonyl (C=O) groups is 2. The number of primary amides is 1. The average molecular weight is 657 g/mol. The van der Waals surface area contributed by atoms with Gasteiger partial charge in [-0.15, -0.1) is 0 Å². The molecule has 3 amide bonds. The molecule has 5 N–H and O–H groups in total. The zero-order valence-electron chi connectivity index (χ0n) is 23.8. The first-order chi connectivity index (χ1) is 21.2. The molecule has 6 rings (SSSR count). The van der Waals surface area contributed by atoms with Gasteiger partial charge in [0.1, 0.15) is 5.52 Å². The van der Waals surface area contributed by atoms with E-state index in [-0.39, 0.29) is 29.9 Å². The van der Waals surface area contributed by atoms with E-state index < -0.39 is 0 Å². The zero-order valence-corrected chi connectivity index (χ0v) is 26.0. The van der Waals surface area contributed by atoms with Crippen molar-refractivity contribution >= 4 is 81.2 Å². The first-order valence-electron chi connectivity index (χ1n) is 14.6. The highest BCUT2D eigenvalue weighted by molar-refractivity contribution is 6.41. The van der Waals surface area contributed by atoms with E-state index in [4.69, 9.17) is 50.5 Å². The fourth-order valence-electron chi connectivity index (χ4n) is 5.97. The van der Waals surface area contributed by atoms with Crippen LogP contribution in [0.1, 0.15) is 44.6 Å². The number of fused-ring (bicyclic) bond motifs is 1. The van der Waals surface area contributed by atoms with Gasteiger partial charge in [0.2, 0.25) is 17.8 Å². The second kappa shape index (κ2) is 13.1. The van der Waals surface area contributed by atoms with Crippen LogP contribution in [0.3, 0.4) is 0 Å². The Morgan fingerprint density at radius 3 is 2.39 bits per heavy atom. The lowest BCUT2D eigenvalue weighted by Crippen LogP contribution is -2.47. The summed E-state index contributed by atoms with van der Waals surface area (Å²) in [5, 5.41) is 10.8. The van der Waals surface area contributed by atoms with Crippen LogP contribution in [0.2, 0.25) is 15.1 Å². The number of piperidine rings is 1. The number of nitrogens with two attached hydrogens (primary N) is 1. The number of urea groups is 1. The summed E-state index contributed by atoms with van der Waals surface area (Å²) >= 11 is 19.1. The topological polar surface area (TPSA) is 143 Å². The van der Waals surface area contributed by atoms with Crippen molar-refractivity contribution in [3.8, 4) is 0 Å². The fourth-order valence-corrected chi connectivity index (χ4v) is 6.88. The molecule has 44 heavy (non-hydrogen) atoms. The van der Waals surface area contributed by atoms with Crippen molar-refractivity contribution in [1.82, 2.24) is 24.4 Å². The highest BCUT2D eigenvalue weighted by Crippen LogP contribution is 2.40. The lowest BCUT2D eigenvalue weighted by molar-refractivity contribution is -0.122. The van der Waals surface area contributed by atoms with Crippen LogP contribution in [-0.4, -0.2) is 55.5 Å². The minimum atomic E-state index is -0.273. The van der Waals surface area contributed by atoms with Crippen molar-refractivity contribution in [2.24, 2.45) is 11.7 Å². The minimum absolute atomic E-state index is 0.00226. The van der Waals surface area contributed by atoms with Crippen LogP contribution in [0.25, 0.3) is 11.2 Å². The van der Waals surface area contributed by atoms with Crippen LogP contribution in [0, 0.1) is 5.92 Å². The van der Waals surface area contributed by atoms with Crippen molar-refractivity contribution in [2.45, 2.75) is 50.6 Å². The third kappa shape index (κ3) is 6.64. The molecule has 11 nitrogen and oxygen atoms in total. The number of carbonyl (C=O) groups excluding carboxylic acids is 2. The molecule has 1 saturated heterocycles. The Kier molecular flexibility index (Phi) is 8.97. The molecular formula is C30H32Cl3N9O2. The molecule has 4 aromatic rings. The number of hydrogen-bond acceptors (Lipinski definition) is 7. The summed E-state index contributed by atoms with van der Waals surface area (Å²) in [4.78, 5) is 40.8. The molecule has 230 valence electrons. The maximum Gasteiger partial charge on any atom is 0.321 e. The number of nitrogens with one attached hydrogen (secondary N) is 3. The lowest BCUT2D eigenvalue weighted by Gasteiger charge is -2.33. The Hall–Kier alpha value is -3.80. The average Bonchev–Trinajstić information content (AvgIpc) is 3.37.